The summed E-state index contributed by atoms with van der Waals surface area (Å²) in [6, 6.07) is 16.6. The molecule has 0 radical (unpaired) electrons. The van der Waals surface area contributed by atoms with Crippen LogP contribution >= 0.6 is 22.7 Å². The van der Waals surface area contributed by atoms with E-state index in [2.05, 4.69) is 4.98 Å². The van der Waals surface area contributed by atoms with Gasteiger partial charge in [-0.25, -0.2) is 14.7 Å². The molecule has 6 nitrogen and oxygen atoms in total. The molecule has 0 aliphatic carbocycles. The van der Waals surface area contributed by atoms with Gasteiger partial charge in [-0.05, 0) is 54.3 Å². The molecule has 30 heavy (non-hydrogen) atoms. The van der Waals surface area contributed by atoms with E-state index < -0.39 is 12.0 Å². The maximum atomic E-state index is 12.8. The van der Waals surface area contributed by atoms with Crippen molar-refractivity contribution >= 4 is 50.6 Å². The molecule has 0 atom stereocenters. The van der Waals surface area contributed by atoms with Crippen molar-refractivity contribution in [1.29, 1.82) is 0 Å². The number of methoxy groups -OCH3 is 1. The molecule has 0 unspecified atom stereocenters. The lowest BCUT2D eigenvalue weighted by molar-refractivity contribution is 0.0979. The van der Waals surface area contributed by atoms with Crippen molar-refractivity contribution in [3.63, 3.8) is 0 Å². The number of imide groups is 1. The van der Waals surface area contributed by atoms with Gasteiger partial charge in [-0.2, -0.15) is 0 Å². The van der Waals surface area contributed by atoms with Crippen LogP contribution < -0.4 is 9.64 Å². The van der Waals surface area contributed by atoms with Crippen LogP contribution in [-0.4, -0.2) is 24.1 Å². The molecule has 4 aromatic rings. The lowest BCUT2D eigenvalue weighted by Crippen LogP contribution is -2.37. The maximum absolute atomic E-state index is 12.8. The summed E-state index contributed by atoms with van der Waals surface area (Å²) < 4.78 is 11.8. The van der Waals surface area contributed by atoms with Crippen LogP contribution in [0.2, 0.25) is 0 Å². The van der Waals surface area contributed by atoms with Crippen LogP contribution in [0.4, 0.5) is 10.5 Å². The first-order chi connectivity index (χ1) is 14.6. The van der Waals surface area contributed by atoms with Crippen molar-refractivity contribution in [3.8, 4) is 5.75 Å². The standard InChI is InChI=1S/C22H18N2O4S2/c1-14-12-15(28-13-20-23-16-6-3-4-7-18(16)30-20)9-10-17(14)24(22(26)27-2)21(25)19-8-5-11-29-19/h3-12H,13H2,1-2H3. The van der Waals surface area contributed by atoms with E-state index in [4.69, 9.17) is 9.47 Å². The predicted molar refractivity (Wildman–Crippen MR) is 119 cm³/mol. The predicted octanol–water partition coefficient (Wildman–Crippen LogP) is 5.66. The second-order valence-corrected chi connectivity index (χ2v) is 8.46. The average Bonchev–Trinajstić information content (AvgIpc) is 3.43. The number of nitrogens with zero attached hydrogens (tertiary/aromatic N) is 2. The van der Waals surface area contributed by atoms with Gasteiger partial charge in [-0.3, -0.25) is 4.79 Å². The molecule has 2 aromatic carbocycles. The van der Waals surface area contributed by atoms with E-state index in [1.54, 1.807) is 47.0 Å². The molecule has 2 amide bonds. The Morgan fingerprint density at radius 1 is 1.10 bits per heavy atom. The Bertz CT molecular complexity index is 1170. The minimum Gasteiger partial charge on any atom is -0.486 e. The maximum Gasteiger partial charge on any atom is 0.421 e. The van der Waals surface area contributed by atoms with Crippen molar-refractivity contribution in [2.45, 2.75) is 13.5 Å². The largest absolute Gasteiger partial charge is 0.486 e. The molecule has 152 valence electrons. The highest BCUT2D eigenvalue weighted by Crippen LogP contribution is 2.29. The number of para-hydroxylation sites is 1. The first-order valence-corrected chi connectivity index (χ1v) is 10.8. The number of carbonyl (C=O) groups is 2. The van der Waals surface area contributed by atoms with Gasteiger partial charge in [0.25, 0.3) is 5.91 Å². The third kappa shape index (κ3) is 4.05. The van der Waals surface area contributed by atoms with E-state index in [1.165, 1.54) is 18.4 Å². The van der Waals surface area contributed by atoms with E-state index in [-0.39, 0.29) is 0 Å². The molecule has 4 rings (SSSR count). The number of ether oxygens (including phenoxy) is 2. The fraction of sp³-hybridized carbons (Fsp3) is 0.136. The van der Waals surface area contributed by atoms with Gasteiger partial charge in [0.2, 0.25) is 0 Å². The average molecular weight is 439 g/mol. The Labute approximate surface area is 181 Å². The molecule has 0 aliphatic heterocycles. The second-order valence-electron chi connectivity index (χ2n) is 6.40. The highest BCUT2D eigenvalue weighted by molar-refractivity contribution is 7.18. The molecule has 2 aromatic heterocycles. The highest BCUT2D eigenvalue weighted by Gasteiger charge is 2.27. The Kier molecular flexibility index (Phi) is 5.78. The molecule has 8 heteroatoms. The summed E-state index contributed by atoms with van der Waals surface area (Å²) in [5.41, 5.74) is 2.12. The summed E-state index contributed by atoms with van der Waals surface area (Å²) in [6.45, 7) is 2.16. The molecule has 0 bridgehead atoms. The zero-order valence-electron chi connectivity index (χ0n) is 16.3. The van der Waals surface area contributed by atoms with Crippen LogP contribution in [0.15, 0.2) is 60.0 Å². The van der Waals surface area contributed by atoms with E-state index in [9.17, 15) is 9.59 Å². The minimum absolute atomic E-state index is 0.340. The molecular weight excluding hydrogens is 420 g/mol. The number of anilines is 1. The molecule has 2 heterocycles. The number of thiophene rings is 1. The van der Waals surface area contributed by atoms with Gasteiger partial charge < -0.3 is 9.47 Å². The smallest absolute Gasteiger partial charge is 0.421 e. The normalized spacial score (nSPS) is 10.7. The number of benzene rings is 2. The first kappa shape index (κ1) is 20.1. The number of hydrogen-bond acceptors (Lipinski definition) is 7. The zero-order chi connectivity index (χ0) is 21.1. The first-order valence-electron chi connectivity index (χ1n) is 9.10. The Balaban J connectivity index is 1.54. The highest BCUT2D eigenvalue weighted by atomic mass is 32.1. The van der Waals surface area contributed by atoms with E-state index >= 15 is 0 Å². The van der Waals surface area contributed by atoms with Crippen LogP contribution in [0.5, 0.6) is 5.75 Å². The number of carbonyl (C=O) groups excluding carboxylic acids is 2. The summed E-state index contributed by atoms with van der Waals surface area (Å²) in [4.78, 5) is 31.2. The topological polar surface area (TPSA) is 68.7 Å². The zero-order valence-corrected chi connectivity index (χ0v) is 18.0. The van der Waals surface area contributed by atoms with Crippen LogP contribution in [0, 0.1) is 6.92 Å². The third-order valence-electron chi connectivity index (χ3n) is 4.40. The van der Waals surface area contributed by atoms with Crippen molar-refractivity contribution in [2.75, 3.05) is 12.0 Å². The number of aromatic nitrogens is 1. The van der Waals surface area contributed by atoms with Crippen molar-refractivity contribution < 1.29 is 19.1 Å². The van der Waals surface area contributed by atoms with E-state index in [0.717, 1.165) is 20.1 Å². The monoisotopic (exact) mass is 438 g/mol. The van der Waals surface area contributed by atoms with Gasteiger partial charge >= 0.3 is 6.09 Å². The molecule has 0 aliphatic rings. The Morgan fingerprint density at radius 3 is 2.63 bits per heavy atom. The quantitative estimate of drug-likeness (QED) is 0.402. The number of hydrogen-bond donors (Lipinski definition) is 0. The molecule has 0 saturated carbocycles. The SMILES string of the molecule is COC(=O)N(C(=O)c1cccs1)c1ccc(OCc2nc3ccccc3s2)cc1C. The van der Waals surface area contributed by atoms with Gasteiger partial charge in [0, 0.05) is 0 Å². The van der Waals surface area contributed by atoms with Crippen molar-refractivity contribution in [1.82, 2.24) is 4.98 Å². The Hall–Kier alpha value is -3.23. The second kappa shape index (κ2) is 8.64. The fourth-order valence-electron chi connectivity index (χ4n) is 2.99. The summed E-state index contributed by atoms with van der Waals surface area (Å²) in [5, 5.41) is 2.66. The number of amides is 2. The number of aryl methyl sites for hydroxylation is 1. The van der Waals surface area contributed by atoms with Gasteiger partial charge in [0.15, 0.2) is 0 Å². The van der Waals surface area contributed by atoms with Gasteiger partial charge in [-0.1, -0.05) is 18.2 Å². The molecule has 0 saturated heterocycles. The van der Waals surface area contributed by atoms with E-state index in [1.807, 2.05) is 31.2 Å². The number of fused-ring (bicyclic) bond motifs is 1. The fourth-order valence-corrected chi connectivity index (χ4v) is 4.52. The van der Waals surface area contributed by atoms with Crippen molar-refractivity contribution in [3.05, 3.63) is 75.4 Å². The van der Waals surface area contributed by atoms with Crippen molar-refractivity contribution in [2.24, 2.45) is 0 Å². The summed E-state index contributed by atoms with van der Waals surface area (Å²) >= 11 is 2.86. The molecular formula is C22H18N2O4S2. The lowest BCUT2D eigenvalue weighted by Gasteiger charge is -2.21. The van der Waals surface area contributed by atoms with Crippen LogP contribution in [0.3, 0.4) is 0 Å². The van der Waals surface area contributed by atoms with E-state index in [0.29, 0.717) is 28.5 Å². The third-order valence-corrected chi connectivity index (χ3v) is 6.27. The Morgan fingerprint density at radius 2 is 1.93 bits per heavy atom. The van der Waals surface area contributed by atoms with Crippen LogP contribution in [-0.2, 0) is 11.3 Å². The minimum atomic E-state index is -0.736. The van der Waals surface area contributed by atoms with Crippen LogP contribution in [0.1, 0.15) is 20.2 Å². The van der Waals surface area contributed by atoms with Gasteiger partial charge in [0.05, 0.1) is 27.9 Å². The summed E-state index contributed by atoms with van der Waals surface area (Å²) in [7, 11) is 1.25. The molecule has 0 N–H and O–H groups in total. The lowest BCUT2D eigenvalue weighted by atomic mass is 10.1. The summed E-state index contributed by atoms with van der Waals surface area (Å²) in [6.07, 6.45) is -0.736. The van der Waals surface area contributed by atoms with Gasteiger partial charge in [0.1, 0.15) is 17.4 Å². The van der Waals surface area contributed by atoms with Crippen LogP contribution in [0.25, 0.3) is 10.2 Å². The summed E-state index contributed by atoms with van der Waals surface area (Å²) in [5.74, 6) is 0.201. The number of thiazole rings is 1. The molecule has 0 fully saturated rings. The van der Waals surface area contributed by atoms with Gasteiger partial charge in [-0.15, -0.1) is 22.7 Å². The molecule has 0 spiro atoms. The number of rotatable bonds is 5.